The fourth-order valence-corrected chi connectivity index (χ4v) is 4.76. The van der Waals surface area contributed by atoms with Crippen LogP contribution in [0.4, 0.5) is 0 Å². The normalized spacial score (nSPS) is 23.2. The van der Waals surface area contributed by atoms with Gasteiger partial charge in [-0.15, -0.1) is 0 Å². The third-order valence-corrected chi connectivity index (χ3v) is 6.87. The highest BCUT2D eigenvalue weighted by molar-refractivity contribution is 5.91. The predicted octanol–water partition coefficient (Wildman–Crippen LogP) is 3.83. The number of amides is 1. The molecule has 10 heteroatoms. The Bertz CT molecular complexity index is 1510. The Morgan fingerprint density at radius 2 is 1.38 bits per heavy atom. The topological polar surface area (TPSA) is 120 Å². The highest BCUT2D eigenvalue weighted by atomic mass is 16.7. The summed E-state index contributed by atoms with van der Waals surface area (Å²) in [5, 5.41) is 2.59. The lowest BCUT2D eigenvalue weighted by Crippen LogP contribution is -2.57. The first-order valence-electron chi connectivity index (χ1n) is 13.1. The summed E-state index contributed by atoms with van der Waals surface area (Å²) in [6.07, 6.45) is -0.809. The molecule has 2 aliphatic heterocycles. The number of rotatable bonds is 8. The molecule has 2 heterocycles. The standard InChI is InChI=1S/C32H28N2O8/c1-21-33-26(35)18-19-34(21)31-32(2,42-30(38)24-16-10-5-11-17-24)27(41-29(37)23-14-8-4-9-15-23)25(40-31)20-39-28(36)22-12-6-3-7-13-22/h3-19,25,27,31H,1,20H2,2H3,(H,33,35)/t25-,27+,31-,32?/m1/s1. The first kappa shape index (κ1) is 28.3. The third kappa shape index (κ3) is 5.93. The Morgan fingerprint density at radius 1 is 0.857 bits per heavy atom. The molecule has 0 aromatic heterocycles. The summed E-state index contributed by atoms with van der Waals surface area (Å²) in [6.45, 7) is 5.11. The predicted molar refractivity (Wildman–Crippen MR) is 150 cm³/mol. The van der Waals surface area contributed by atoms with Gasteiger partial charge < -0.3 is 29.2 Å². The van der Waals surface area contributed by atoms with Crippen molar-refractivity contribution in [1.29, 1.82) is 0 Å². The number of nitrogens with zero attached hydrogens (tertiary/aromatic N) is 1. The van der Waals surface area contributed by atoms with Crippen molar-refractivity contribution in [2.45, 2.75) is 31.0 Å². The number of hydrogen-bond donors (Lipinski definition) is 1. The van der Waals surface area contributed by atoms with Crippen molar-refractivity contribution in [3.05, 3.63) is 132 Å². The van der Waals surface area contributed by atoms with Crippen LogP contribution in [-0.2, 0) is 23.7 Å². The van der Waals surface area contributed by atoms with E-state index in [1.54, 1.807) is 97.9 Å². The van der Waals surface area contributed by atoms with Gasteiger partial charge in [0, 0.05) is 12.3 Å². The molecule has 1 N–H and O–H groups in total. The highest BCUT2D eigenvalue weighted by Gasteiger charge is 2.61. The molecular formula is C32H28N2O8. The maximum atomic E-state index is 13.4. The van der Waals surface area contributed by atoms with Crippen LogP contribution in [-0.4, -0.2) is 59.4 Å². The fraction of sp³-hybridized carbons (Fsp3) is 0.188. The van der Waals surface area contributed by atoms with Crippen LogP contribution in [0.1, 0.15) is 38.0 Å². The van der Waals surface area contributed by atoms with Gasteiger partial charge in [0.2, 0.25) is 0 Å². The molecule has 10 nitrogen and oxygen atoms in total. The molecule has 1 amide bonds. The molecule has 214 valence electrons. The first-order chi connectivity index (χ1) is 20.3. The quantitative estimate of drug-likeness (QED) is 0.319. The zero-order chi connectivity index (χ0) is 29.7. The van der Waals surface area contributed by atoms with E-state index in [0.717, 1.165) is 0 Å². The third-order valence-electron chi connectivity index (χ3n) is 6.87. The maximum absolute atomic E-state index is 13.4. The Morgan fingerprint density at radius 3 is 1.93 bits per heavy atom. The number of carbonyl (C=O) groups is 4. The summed E-state index contributed by atoms with van der Waals surface area (Å²) < 4.78 is 24.0. The SMILES string of the molecule is C=C1NC(=O)C=CN1[C@@H]1O[C@H](COC(=O)c2ccccc2)[C@H](OC(=O)c2ccccc2)C1(C)OC(=O)c1ccccc1. The second kappa shape index (κ2) is 12.1. The van der Waals surface area contributed by atoms with Crippen LogP contribution in [0.15, 0.2) is 116 Å². The number of nitrogens with one attached hydrogen (secondary N) is 1. The summed E-state index contributed by atoms with van der Waals surface area (Å²) in [5.41, 5.74) is -0.854. The van der Waals surface area contributed by atoms with E-state index in [1.807, 2.05) is 0 Å². The molecule has 0 saturated carbocycles. The fourth-order valence-electron chi connectivity index (χ4n) is 4.76. The summed E-state index contributed by atoms with van der Waals surface area (Å²) in [5.74, 6) is -2.28. The van der Waals surface area contributed by atoms with Crippen LogP contribution in [0.3, 0.4) is 0 Å². The zero-order valence-corrected chi connectivity index (χ0v) is 22.7. The molecule has 4 atom stereocenters. The molecule has 0 spiro atoms. The first-order valence-corrected chi connectivity index (χ1v) is 13.1. The van der Waals surface area contributed by atoms with E-state index in [-0.39, 0.29) is 23.6 Å². The summed E-state index contributed by atoms with van der Waals surface area (Å²) in [6, 6.07) is 25.0. The van der Waals surface area contributed by atoms with Crippen LogP contribution in [0.5, 0.6) is 0 Å². The molecule has 0 aliphatic carbocycles. The van der Waals surface area contributed by atoms with E-state index in [9.17, 15) is 19.2 Å². The van der Waals surface area contributed by atoms with Crippen LogP contribution in [0.25, 0.3) is 0 Å². The van der Waals surface area contributed by atoms with E-state index >= 15 is 0 Å². The van der Waals surface area contributed by atoms with Gasteiger partial charge in [-0.3, -0.25) is 4.79 Å². The van der Waals surface area contributed by atoms with Gasteiger partial charge in [-0.1, -0.05) is 61.2 Å². The molecule has 0 bridgehead atoms. The number of carbonyl (C=O) groups excluding carboxylic acids is 4. The summed E-state index contributed by atoms with van der Waals surface area (Å²) in [7, 11) is 0. The minimum Gasteiger partial charge on any atom is -0.459 e. The van der Waals surface area contributed by atoms with Crippen LogP contribution >= 0.6 is 0 Å². The van der Waals surface area contributed by atoms with E-state index < -0.39 is 47.9 Å². The number of hydrogen-bond acceptors (Lipinski definition) is 9. The average Bonchev–Trinajstić information content (AvgIpc) is 3.27. The lowest BCUT2D eigenvalue weighted by molar-refractivity contribution is -0.128. The van der Waals surface area contributed by atoms with Gasteiger partial charge in [0.1, 0.15) is 18.5 Å². The minimum absolute atomic E-state index is 0.143. The van der Waals surface area contributed by atoms with E-state index in [1.165, 1.54) is 17.2 Å². The van der Waals surface area contributed by atoms with Crippen molar-refractivity contribution in [3.63, 3.8) is 0 Å². The smallest absolute Gasteiger partial charge is 0.338 e. The van der Waals surface area contributed by atoms with E-state index in [0.29, 0.717) is 5.56 Å². The number of ether oxygens (including phenoxy) is 4. The van der Waals surface area contributed by atoms with Gasteiger partial charge in [-0.05, 0) is 43.3 Å². The van der Waals surface area contributed by atoms with Crippen molar-refractivity contribution in [1.82, 2.24) is 10.2 Å². The summed E-state index contributed by atoms with van der Waals surface area (Å²) >= 11 is 0. The maximum Gasteiger partial charge on any atom is 0.338 e. The van der Waals surface area contributed by atoms with Gasteiger partial charge in [0.25, 0.3) is 5.91 Å². The molecule has 1 unspecified atom stereocenters. The van der Waals surface area contributed by atoms with Crippen molar-refractivity contribution in [2.75, 3.05) is 6.61 Å². The van der Waals surface area contributed by atoms with E-state index in [4.69, 9.17) is 18.9 Å². The molecular weight excluding hydrogens is 540 g/mol. The monoisotopic (exact) mass is 568 g/mol. The number of esters is 3. The second-order valence-electron chi connectivity index (χ2n) is 9.78. The second-order valence-corrected chi connectivity index (χ2v) is 9.78. The Hall–Kier alpha value is -5.22. The Balaban J connectivity index is 1.51. The van der Waals surface area contributed by atoms with Gasteiger partial charge in [-0.25, -0.2) is 14.4 Å². The zero-order valence-electron chi connectivity index (χ0n) is 22.7. The average molecular weight is 569 g/mol. The van der Waals surface area contributed by atoms with Gasteiger partial charge in [0.05, 0.1) is 16.7 Å². The lowest BCUT2D eigenvalue weighted by atomic mass is 9.94. The molecule has 2 aliphatic rings. The molecule has 42 heavy (non-hydrogen) atoms. The molecule has 1 saturated heterocycles. The van der Waals surface area contributed by atoms with Gasteiger partial charge >= 0.3 is 17.9 Å². The molecule has 1 fully saturated rings. The van der Waals surface area contributed by atoms with Crippen molar-refractivity contribution < 1.29 is 38.1 Å². The number of benzene rings is 3. The van der Waals surface area contributed by atoms with Gasteiger partial charge in [-0.2, -0.15) is 0 Å². The van der Waals surface area contributed by atoms with E-state index in [2.05, 4.69) is 11.9 Å². The summed E-state index contributed by atoms with van der Waals surface area (Å²) in [4.78, 5) is 52.9. The molecule has 3 aromatic rings. The Kier molecular flexibility index (Phi) is 8.16. The Labute approximate surface area is 242 Å². The van der Waals surface area contributed by atoms with Crippen LogP contribution in [0.2, 0.25) is 0 Å². The lowest BCUT2D eigenvalue weighted by Gasteiger charge is -2.40. The van der Waals surface area contributed by atoms with Crippen molar-refractivity contribution in [2.24, 2.45) is 0 Å². The largest absolute Gasteiger partial charge is 0.459 e. The van der Waals surface area contributed by atoms with Crippen molar-refractivity contribution in [3.8, 4) is 0 Å². The van der Waals surface area contributed by atoms with Gasteiger partial charge in [0.15, 0.2) is 17.9 Å². The highest BCUT2D eigenvalue weighted by Crippen LogP contribution is 2.41. The van der Waals surface area contributed by atoms with Crippen molar-refractivity contribution >= 4 is 23.8 Å². The van der Waals surface area contributed by atoms with Crippen LogP contribution < -0.4 is 5.32 Å². The van der Waals surface area contributed by atoms with Crippen LogP contribution in [0, 0.1) is 0 Å². The molecule has 0 radical (unpaired) electrons. The minimum atomic E-state index is -1.68. The molecule has 3 aromatic carbocycles. The molecule has 5 rings (SSSR count).